The number of amidine groups is 1. The summed E-state index contributed by atoms with van der Waals surface area (Å²) in [5.74, 6) is -0.413. The first kappa shape index (κ1) is 7.79. The highest BCUT2D eigenvalue weighted by Gasteiger charge is 2.28. The first-order chi connectivity index (χ1) is 6.27. The molecule has 0 aromatic heterocycles. The van der Waals surface area contributed by atoms with E-state index in [1.54, 1.807) is 0 Å². The average molecular weight is 176 g/mol. The van der Waals surface area contributed by atoms with Crippen LogP contribution in [0.3, 0.4) is 0 Å². The lowest BCUT2D eigenvalue weighted by Gasteiger charge is -2.01. The molecule has 1 atom stereocenters. The standard InChI is InChI=1S/C9H8N2O2/c10-9-11-7(8(12)13-9)6-4-2-1-3-5-6/h1-5,7H,(H2,10,11)/t7-/m1/s1. The van der Waals surface area contributed by atoms with Crippen LogP contribution in [0.1, 0.15) is 11.6 Å². The molecule has 2 rings (SSSR count). The van der Waals surface area contributed by atoms with Gasteiger partial charge in [-0.05, 0) is 5.56 Å². The Hall–Kier alpha value is -1.84. The summed E-state index contributed by atoms with van der Waals surface area (Å²) in [6.07, 6.45) is 0. The summed E-state index contributed by atoms with van der Waals surface area (Å²) in [6.45, 7) is 0. The Kier molecular flexibility index (Phi) is 1.73. The molecule has 1 aromatic carbocycles. The van der Waals surface area contributed by atoms with E-state index in [1.165, 1.54) is 0 Å². The summed E-state index contributed by atoms with van der Waals surface area (Å²) in [7, 11) is 0. The van der Waals surface area contributed by atoms with Crippen LogP contribution < -0.4 is 5.73 Å². The Morgan fingerprint density at radius 3 is 2.54 bits per heavy atom. The van der Waals surface area contributed by atoms with E-state index in [0.29, 0.717) is 0 Å². The molecule has 0 spiro atoms. The minimum atomic E-state index is -0.582. The second kappa shape index (κ2) is 2.90. The van der Waals surface area contributed by atoms with Crippen LogP contribution in [0.15, 0.2) is 35.3 Å². The van der Waals surface area contributed by atoms with E-state index < -0.39 is 12.0 Å². The van der Waals surface area contributed by atoms with Gasteiger partial charge in [0.15, 0.2) is 6.04 Å². The van der Waals surface area contributed by atoms with Crippen molar-refractivity contribution in [2.75, 3.05) is 0 Å². The number of nitrogens with two attached hydrogens (primary N) is 1. The number of benzene rings is 1. The van der Waals surface area contributed by atoms with E-state index >= 15 is 0 Å². The van der Waals surface area contributed by atoms with Crippen LogP contribution in [0.4, 0.5) is 0 Å². The fraction of sp³-hybridized carbons (Fsp3) is 0.111. The summed E-state index contributed by atoms with van der Waals surface area (Å²) in [6, 6.07) is 8.54. The molecule has 0 bridgehead atoms. The number of carbonyl (C=O) groups excluding carboxylic acids is 1. The SMILES string of the molecule is NC1=N[C@H](c2ccccc2)C(=O)O1. The van der Waals surface area contributed by atoms with E-state index in [0.717, 1.165) is 5.56 Å². The Morgan fingerprint density at radius 2 is 2.00 bits per heavy atom. The van der Waals surface area contributed by atoms with Crippen molar-refractivity contribution in [3.05, 3.63) is 35.9 Å². The molecular formula is C9H8N2O2. The zero-order chi connectivity index (χ0) is 9.26. The summed E-state index contributed by atoms with van der Waals surface area (Å²) in [5, 5.41) is 0. The van der Waals surface area contributed by atoms with Gasteiger partial charge in [0, 0.05) is 0 Å². The number of esters is 1. The highest BCUT2D eigenvalue weighted by Crippen LogP contribution is 2.22. The van der Waals surface area contributed by atoms with Gasteiger partial charge in [0.2, 0.25) is 0 Å². The van der Waals surface area contributed by atoms with Gasteiger partial charge in [-0.1, -0.05) is 30.3 Å². The molecule has 4 nitrogen and oxygen atoms in total. The number of aliphatic imine (C=N–C) groups is 1. The van der Waals surface area contributed by atoms with E-state index in [-0.39, 0.29) is 6.02 Å². The molecule has 4 heteroatoms. The zero-order valence-corrected chi connectivity index (χ0v) is 6.81. The van der Waals surface area contributed by atoms with Gasteiger partial charge in [-0.15, -0.1) is 0 Å². The zero-order valence-electron chi connectivity index (χ0n) is 6.81. The number of hydrogen-bond donors (Lipinski definition) is 1. The molecule has 0 amide bonds. The molecule has 1 aliphatic rings. The molecule has 0 radical (unpaired) electrons. The maximum atomic E-state index is 11.2. The van der Waals surface area contributed by atoms with Crippen molar-refractivity contribution in [3.8, 4) is 0 Å². The van der Waals surface area contributed by atoms with Crippen molar-refractivity contribution >= 4 is 12.0 Å². The first-order valence-corrected chi connectivity index (χ1v) is 3.87. The van der Waals surface area contributed by atoms with Crippen molar-refractivity contribution in [2.24, 2.45) is 10.7 Å². The Morgan fingerprint density at radius 1 is 1.31 bits per heavy atom. The Balaban J connectivity index is 2.33. The van der Waals surface area contributed by atoms with Gasteiger partial charge in [-0.3, -0.25) is 0 Å². The number of hydrogen-bond acceptors (Lipinski definition) is 4. The van der Waals surface area contributed by atoms with E-state index in [2.05, 4.69) is 9.73 Å². The fourth-order valence-electron chi connectivity index (χ4n) is 1.21. The lowest BCUT2D eigenvalue weighted by molar-refractivity contribution is -0.135. The molecule has 66 valence electrons. The highest BCUT2D eigenvalue weighted by molar-refractivity contribution is 5.95. The third-order valence-corrected chi connectivity index (χ3v) is 1.80. The van der Waals surface area contributed by atoms with Crippen LogP contribution in [0.2, 0.25) is 0 Å². The predicted molar refractivity (Wildman–Crippen MR) is 46.9 cm³/mol. The smallest absolute Gasteiger partial charge is 0.343 e. The number of ether oxygens (including phenoxy) is 1. The summed E-state index contributed by atoms with van der Waals surface area (Å²) < 4.78 is 4.62. The minimum absolute atomic E-state index is 0.0566. The van der Waals surface area contributed by atoms with Crippen molar-refractivity contribution < 1.29 is 9.53 Å². The molecule has 0 fully saturated rings. The maximum Gasteiger partial charge on any atom is 0.343 e. The number of cyclic esters (lactones) is 1. The van der Waals surface area contributed by atoms with Gasteiger partial charge in [-0.2, -0.15) is 0 Å². The second-order valence-corrected chi connectivity index (χ2v) is 2.70. The van der Waals surface area contributed by atoms with Gasteiger partial charge < -0.3 is 10.5 Å². The molecule has 13 heavy (non-hydrogen) atoms. The summed E-state index contributed by atoms with van der Waals surface area (Å²) in [4.78, 5) is 15.0. The molecule has 0 aliphatic carbocycles. The molecule has 0 saturated heterocycles. The van der Waals surface area contributed by atoms with Crippen LogP contribution in [-0.2, 0) is 9.53 Å². The highest BCUT2D eigenvalue weighted by atomic mass is 16.6. The van der Waals surface area contributed by atoms with Crippen LogP contribution in [0, 0.1) is 0 Å². The molecule has 0 unspecified atom stereocenters. The van der Waals surface area contributed by atoms with Gasteiger partial charge >= 0.3 is 5.97 Å². The largest absolute Gasteiger partial charge is 0.391 e. The second-order valence-electron chi connectivity index (χ2n) is 2.70. The van der Waals surface area contributed by atoms with Crippen molar-refractivity contribution in [1.29, 1.82) is 0 Å². The molecule has 1 aromatic rings. The van der Waals surface area contributed by atoms with Crippen LogP contribution in [0.5, 0.6) is 0 Å². The van der Waals surface area contributed by atoms with Gasteiger partial charge in [0.05, 0.1) is 0 Å². The average Bonchev–Trinajstić information content (AvgIpc) is 2.47. The molecule has 1 heterocycles. The lowest BCUT2D eigenvalue weighted by atomic mass is 10.1. The third kappa shape index (κ3) is 1.38. The molecule has 1 aliphatic heterocycles. The van der Waals surface area contributed by atoms with Crippen LogP contribution in [0.25, 0.3) is 0 Å². The van der Waals surface area contributed by atoms with Gasteiger partial charge in [0.25, 0.3) is 6.02 Å². The first-order valence-electron chi connectivity index (χ1n) is 3.87. The fourth-order valence-corrected chi connectivity index (χ4v) is 1.21. The van der Waals surface area contributed by atoms with Crippen LogP contribution >= 0.6 is 0 Å². The minimum Gasteiger partial charge on any atom is -0.391 e. The van der Waals surface area contributed by atoms with E-state index in [1.807, 2.05) is 30.3 Å². The van der Waals surface area contributed by atoms with Crippen molar-refractivity contribution in [2.45, 2.75) is 6.04 Å². The Labute approximate surface area is 75.0 Å². The van der Waals surface area contributed by atoms with E-state index in [4.69, 9.17) is 5.73 Å². The van der Waals surface area contributed by atoms with E-state index in [9.17, 15) is 4.79 Å². The number of nitrogens with zero attached hydrogens (tertiary/aromatic N) is 1. The number of carbonyl (C=O) groups is 1. The Bertz CT molecular complexity index is 359. The summed E-state index contributed by atoms with van der Waals surface area (Å²) >= 11 is 0. The quantitative estimate of drug-likeness (QED) is 0.637. The monoisotopic (exact) mass is 176 g/mol. The summed E-state index contributed by atoms with van der Waals surface area (Å²) in [5.41, 5.74) is 6.06. The molecule has 2 N–H and O–H groups in total. The maximum absolute atomic E-state index is 11.2. The van der Waals surface area contributed by atoms with Gasteiger partial charge in [-0.25, -0.2) is 9.79 Å². The predicted octanol–water partition coefficient (Wildman–Crippen LogP) is 0.599. The normalized spacial score (nSPS) is 21.1. The topological polar surface area (TPSA) is 64.7 Å². The molecular weight excluding hydrogens is 168 g/mol. The van der Waals surface area contributed by atoms with Gasteiger partial charge in [0.1, 0.15) is 0 Å². The van der Waals surface area contributed by atoms with Crippen LogP contribution in [-0.4, -0.2) is 12.0 Å². The third-order valence-electron chi connectivity index (χ3n) is 1.80. The molecule has 0 saturated carbocycles. The van der Waals surface area contributed by atoms with Crippen molar-refractivity contribution in [3.63, 3.8) is 0 Å². The number of rotatable bonds is 1. The van der Waals surface area contributed by atoms with Crippen molar-refractivity contribution in [1.82, 2.24) is 0 Å². The lowest BCUT2D eigenvalue weighted by Crippen LogP contribution is -2.13.